The largest absolute Gasteiger partial charge is 0.393 e. The number of rotatable bonds is 6. The molecule has 0 aromatic heterocycles. The van der Waals surface area contributed by atoms with Crippen molar-refractivity contribution in [1.29, 1.82) is 0 Å². The third-order valence-electron chi connectivity index (χ3n) is 11.2. The third kappa shape index (κ3) is 3.98. The first kappa shape index (κ1) is 24.9. The van der Waals surface area contributed by atoms with E-state index in [0.29, 0.717) is 36.0 Å². The molecule has 0 heterocycles. The predicted octanol–water partition coefficient (Wildman–Crippen LogP) is 3.50. The van der Waals surface area contributed by atoms with E-state index in [1.807, 2.05) is 0 Å². The lowest BCUT2D eigenvalue weighted by atomic mass is 9.43. The van der Waals surface area contributed by atoms with Gasteiger partial charge in [-0.05, 0) is 105 Å². The van der Waals surface area contributed by atoms with Crippen molar-refractivity contribution in [2.45, 2.75) is 116 Å². The van der Waals surface area contributed by atoms with Crippen molar-refractivity contribution in [1.82, 2.24) is 0 Å². The predicted molar refractivity (Wildman–Crippen MR) is 125 cm³/mol. The van der Waals surface area contributed by atoms with Crippen LogP contribution in [0.1, 0.15) is 91.9 Å². The highest BCUT2D eigenvalue weighted by Gasteiger charge is 2.65. The van der Waals surface area contributed by atoms with Crippen LogP contribution in [-0.2, 0) is 0 Å². The zero-order valence-electron chi connectivity index (χ0n) is 20.7. The van der Waals surface area contributed by atoms with Gasteiger partial charge in [0.1, 0.15) is 0 Å². The molecule has 186 valence electrons. The second kappa shape index (κ2) is 8.78. The molecule has 32 heavy (non-hydrogen) atoms. The molecule has 0 unspecified atom stereocenters. The van der Waals surface area contributed by atoms with Crippen LogP contribution in [0.5, 0.6) is 0 Å². The SMILES string of the molecule is C[C@H](CCC[C@@](C)(O)CO)[C@H]1CC[C@H]2[C@@H]3[C@H](O)C[C@H]4C[C@H](O)CC[C@]4(C)[C@H]3C[C@H](O)[C@]12C. The van der Waals surface area contributed by atoms with Crippen molar-refractivity contribution >= 4 is 0 Å². The van der Waals surface area contributed by atoms with E-state index in [9.17, 15) is 25.5 Å². The van der Waals surface area contributed by atoms with E-state index in [-0.39, 0.29) is 41.7 Å². The molecule has 5 N–H and O–H groups in total. The first-order valence-electron chi connectivity index (χ1n) is 13.3. The molecule has 4 aliphatic carbocycles. The van der Waals surface area contributed by atoms with Gasteiger partial charge in [0.15, 0.2) is 0 Å². The minimum Gasteiger partial charge on any atom is -0.393 e. The van der Waals surface area contributed by atoms with E-state index in [2.05, 4.69) is 20.8 Å². The molecule has 0 aromatic rings. The molecule has 4 rings (SSSR count). The van der Waals surface area contributed by atoms with Gasteiger partial charge in [-0.25, -0.2) is 0 Å². The number of hydrogen-bond donors (Lipinski definition) is 5. The summed E-state index contributed by atoms with van der Waals surface area (Å²) in [6.07, 6.45) is 7.96. The van der Waals surface area contributed by atoms with Crippen LogP contribution in [0.4, 0.5) is 0 Å². The third-order valence-corrected chi connectivity index (χ3v) is 11.2. The van der Waals surface area contributed by atoms with Gasteiger partial charge in [0, 0.05) is 0 Å². The summed E-state index contributed by atoms with van der Waals surface area (Å²) in [4.78, 5) is 0. The van der Waals surface area contributed by atoms with Gasteiger partial charge in [-0.3, -0.25) is 0 Å². The topological polar surface area (TPSA) is 101 Å². The highest BCUT2D eigenvalue weighted by atomic mass is 16.3. The second-order valence-electron chi connectivity index (χ2n) is 13.1. The Morgan fingerprint density at radius 3 is 2.41 bits per heavy atom. The van der Waals surface area contributed by atoms with Crippen molar-refractivity contribution in [2.24, 2.45) is 46.3 Å². The van der Waals surface area contributed by atoms with Gasteiger partial charge in [0.2, 0.25) is 0 Å². The zero-order chi connectivity index (χ0) is 23.5. The molecule has 0 aliphatic heterocycles. The first-order valence-corrected chi connectivity index (χ1v) is 13.3. The van der Waals surface area contributed by atoms with E-state index in [1.54, 1.807) is 6.92 Å². The summed E-state index contributed by atoms with van der Waals surface area (Å²) in [6.45, 7) is 8.45. The highest BCUT2D eigenvalue weighted by Crippen LogP contribution is 2.68. The molecule has 4 saturated carbocycles. The highest BCUT2D eigenvalue weighted by molar-refractivity contribution is 5.14. The van der Waals surface area contributed by atoms with Gasteiger partial charge in [-0.15, -0.1) is 0 Å². The molecule has 0 spiro atoms. The van der Waals surface area contributed by atoms with Crippen LogP contribution in [0.25, 0.3) is 0 Å². The Hall–Kier alpha value is -0.200. The van der Waals surface area contributed by atoms with Gasteiger partial charge < -0.3 is 25.5 Å². The minimum atomic E-state index is -1.01. The average Bonchev–Trinajstić information content (AvgIpc) is 3.08. The maximum absolute atomic E-state index is 11.6. The summed E-state index contributed by atoms with van der Waals surface area (Å²) in [6, 6.07) is 0. The zero-order valence-corrected chi connectivity index (χ0v) is 20.7. The van der Waals surface area contributed by atoms with Crippen molar-refractivity contribution in [2.75, 3.05) is 6.61 Å². The van der Waals surface area contributed by atoms with Crippen LogP contribution < -0.4 is 0 Å². The molecule has 0 bridgehead atoms. The standard InChI is InChI=1S/C27H48O5/c1-16(6-5-10-25(2,32)15-28)19-7-8-20-24-21(14-23(31)27(19,20)4)26(3)11-9-18(29)12-17(26)13-22(24)30/h16-24,28-32H,5-15H2,1-4H3/t16-,17-,18-,19-,20+,21+,22-,23+,24+,25-,26+,27-/m1/s1. The Bertz CT molecular complexity index is 666. The van der Waals surface area contributed by atoms with Crippen LogP contribution >= 0.6 is 0 Å². The smallest absolute Gasteiger partial charge is 0.0849 e. The van der Waals surface area contributed by atoms with Crippen molar-refractivity contribution < 1.29 is 25.5 Å². The normalized spacial score (nSPS) is 51.3. The maximum Gasteiger partial charge on any atom is 0.0849 e. The summed E-state index contributed by atoms with van der Waals surface area (Å²) in [5.74, 6) is 2.17. The van der Waals surface area contributed by atoms with Crippen LogP contribution in [-0.4, -0.2) is 56.1 Å². The van der Waals surface area contributed by atoms with Crippen LogP contribution in [0, 0.1) is 46.3 Å². The molecule has 4 fully saturated rings. The van der Waals surface area contributed by atoms with Gasteiger partial charge in [0.25, 0.3) is 0 Å². The Morgan fingerprint density at radius 1 is 1.00 bits per heavy atom. The minimum absolute atomic E-state index is 0.116. The number of aliphatic hydroxyl groups is 5. The van der Waals surface area contributed by atoms with Crippen LogP contribution in [0.3, 0.4) is 0 Å². The van der Waals surface area contributed by atoms with E-state index in [0.717, 1.165) is 57.8 Å². The lowest BCUT2D eigenvalue weighted by molar-refractivity contribution is -0.207. The summed E-state index contributed by atoms with van der Waals surface area (Å²) in [5, 5.41) is 52.7. The van der Waals surface area contributed by atoms with E-state index in [4.69, 9.17) is 0 Å². The van der Waals surface area contributed by atoms with E-state index >= 15 is 0 Å². The van der Waals surface area contributed by atoms with Gasteiger partial charge >= 0.3 is 0 Å². The summed E-state index contributed by atoms with van der Waals surface area (Å²) >= 11 is 0. The van der Waals surface area contributed by atoms with Crippen molar-refractivity contribution in [3.8, 4) is 0 Å². The summed E-state index contributed by atoms with van der Waals surface area (Å²) in [5.41, 5.74) is -1.06. The van der Waals surface area contributed by atoms with Gasteiger partial charge in [-0.2, -0.15) is 0 Å². The van der Waals surface area contributed by atoms with Crippen LogP contribution in [0.2, 0.25) is 0 Å². The van der Waals surface area contributed by atoms with Gasteiger partial charge in [-0.1, -0.05) is 33.6 Å². The van der Waals surface area contributed by atoms with Crippen LogP contribution in [0.15, 0.2) is 0 Å². The molecule has 0 aromatic carbocycles. The molecule has 5 nitrogen and oxygen atoms in total. The van der Waals surface area contributed by atoms with Crippen molar-refractivity contribution in [3.63, 3.8) is 0 Å². The molecular formula is C27H48O5. The Kier molecular flexibility index (Phi) is 6.84. The Labute approximate surface area is 194 Å². The molecule has 0 amide bonds. The average molecular weight is 453 g/mol. The lowest BCUT2D eigenvalue weighted by Gasteiger charge is -2.63. The van der Waals surface area contributed by atoms with Crippen molar-refractivity contribution in [3.05, 3.63) is 0 Å². The fourth-order valence-corrected chi connectivity index (χ4v) is 9.22. The Balaban J connectivity index is 1.51. The Morgan fingerprint density at radius 2 is 1.72 bits per heavy atom. The second-order valence-corrected chi connectivity index (χ2v) is 13.1. The maximum atomic E-state index is 11.6. The van der Waals surface area contributed by atoms with Gasteiger partial charge in [0.05, 0.1) is 30.5 Å². The fraction of sp³-hybridized carbons (Fsp3) is 1.00. The van der Waals surface area contributed by atoms with E-state index in [1.165, 1.54) is 0 Å². The molecule has 4 aliphatic rings. The summed E-state index contributed by atoms with van der Waals surface area (Å²) < 4.78 is 0. The fourth-order valence-electron chi connectivity index (χ4n) is 9.22. The van der Waals surface area contributed by atoms with E-state index < -0.39 is 5.60 Å². The number of fused-ring (bicyclic) bond motifs is 5. The lowest BCUT2D eigenvalue weighted by Crippen LogP contribution is -2.62. The molecule has 0 saturated heterocycles. The molecule has 12 atom stereocenters. The number of hydrogen-bond acceptors (Lipinski definition) is 5. The molecule has 0 radical (unpaired) electrons. The molecule has 5 heteroatoms. The monoisotopic (exact) mass is 452 g/mol. The number of aliphatic hydroxyl groups excluding tert-OH is 4. The quantitative estimate of drug-likeness (QED) is 0.425. The molecular weight excluding hydrogens is 404 g/mol. The summed E-state index contributed by atoms with van der Waals surface area (Å²) in [7, 11) is 0. The first-order chi connectivity index (χ1) is 14.9.